The van der Waals surface area contributed by atoms with Crippen molar-refractivity contribution >= 4 is 23.7 Å². The van der Waals surface area contributed by atoms with Crippen LogP contribution in [0.3, 0.4) is 0 Å². The molecule has 1 aromatic heterocycles. The number of rotatable bonds is 15. The minimum atomic E-state index is -1.37. The van der Waals surface area contributed by atoms with E-state index in [1.165, 1.54) is 5.56 Å². The second kappa shape index (κ2) is 14.4. The summed E-state index contributed by atoms with van der Waals surface area (Å²) in [7, 11) is 0. The summed E-state index contributed by atoms with van der Waals surface area (Å²) in [6.07, 6.45) is 7.59. The first-order valence-corrected chi connectivity index (χ1v) is 13.2. The summed E-state index contributed by atoms with van der Waals surface area (Å²) in [6.45, 7) is 0. The van der Waals surface area contributed by atoms with Crippen LogP contribution in [0.5, 0.6) is 0 Å². The van der Waals surface area contributed by atoms with Crippen molar-refractivity contribution in [1.82, 2.24) is 4.98 Å². The van der Waals surface area contributed by atoms with Crippen LogP contribution in [0.25, 0.3) is 0 Å². The lowest BCUT2D eigenvalue weighted by Crippen LogP contribution is -2.22. The van der Waals surface area contributed by atoms with Gasteiger partial charge in [-0.25, -0.2) is 14.6 Å². The van der Waals surface area contributed by atoms with E-state index < -0.39 is 18.0 Å². The average Bonchev–Trinajstić information content (AvgIpc) is 2.88. The number of carboxylic acid groups (broad SMARTS) is 2. The maximum absolute atomic E-state index is 11.3. The molecule has 36 heavy (non-hydrogen) atoms. The maximum atomic E-state index is 11.3. The van der Waals surface area contributed by atoms with Crippen LogP contribution in [-0.2, 0) is 17.6 Å². The monoisotopic (exact) mass is 507 g/mol. The van der Waals surface area contributed by atoms with Crippen LogP contribution in [0.15, 0.2) is 77.8 Å². The summed E-state index contributed by atoms with van der Waals surface area (Å²) in [6, 6.07) is 21.5. The predicted octanol–water partition coefficient (Wildman–Crippen LogP) is 6.18. The Bertz CT molecular complexity index is 1120. The third-order valence-electron chi connectivity index (χ3n) is 6.13. The largest absolute Gasteiger partial charge is 0.479 e. The number of hydrogen-bond acceptors (Lipinski definition) is 5. The highest BCUT2D eigenvalue weighted by Crippen LogP contribution is 2.39. The minimum absolute atomic E-state index is 0.0610. The second-order valence-corrected chi connectivity index (χ2v) is 10.1. The van der Waals surface area contributed by atoms with Gasteiger partial charge in [0.15, 0.2) is 6.10 Å². The molecular formula is C29H33NO5S. The molecule has 3 rings (SSSR count). The number of pyridine rings is 1. The summed E-state index contributed by atoms with van der Waals surface area (Å²) in [5, 5.41) is 28.2. The van der Waals surface area contributed by atoms with Gasteiger partial charge in [-0.15, -0.1) is 11.8 Å². The Morgan fingerprint density at radius 2 is 1.50 bits per heavy atom. The number of nitrogens with zero attached hydrogens (tertiary/aromatic N) is 1. The molecule has 0 aliphatic heterocycles. The van der Waals surface area contributed by atoms with Crippen LogP contribution in [0.1, 0.15) is 71.0 Å². The molecule has 0 radical (unpaired) electrons. The van der Waals surface area contributed by atoms with Crippen LogP contribution in [-0.4, -0.2) is 38.3 Å². The van der Waals surface area contributed by atoms with E-state index in [4.69, 9.17) is 5.11 Å². The van der Waals surface area contributed by atoms with E-state index in [1.54, 1.807) is 24.0 Å². The lowest BCUT2D eigenvalue weighted by molar-refractivity contribution is -0.146. The third kappa shape index (κ3) is 8.81. The summed E-state index contributed by atoms with van der Waals surface area (Å²) in [4.78, 5) is 27.1. The summed E-state index contributed by atoms with van der Waals surface area (Å²) in [5.41, 5.74) is 3.30. The summed E-state index contributed by atoms with van der Waals surface area (Å²) < 4.78 is 0. The van der Waals surface area contributed by atoms with Crippen LogP contribution in [0.4, 0.5) is 0 Å². The third-order valence-corrected chi connectivity index (χ3v) is 7.45. The molecule has 1 heterocycles. The molecule has 7 heteroatoms. The van der Waals surface area contributed by atoms with Gasteiger partial charge >= 0.3 is 11.9 Å². The van der Waals surface area contributed by atoms with Crippen molar-refractivity contribution in [2.45, 2.75) is 67.6 Å². The van der Waals surface area contributed by atoms with E-state index in [1.807, 2.05) is 48.5 Å². The minimum Gasteiger partial charge on any atom is -0.479 e. The fourth-order valence-corrected chi connectivity index (χ4v) is 5.42. The van der Waals surface area contributed by atoms with Crippen LogP contribution in [0.2, 0.25) is 0 Å². The Labute approximate surface area is 216 Å². The normalized spacial score (nSPS) is 12.7. The quantitative estimate of drug-likeness (QED) is 0.166. The van der Waals surface area contributed by atoms with E-state index in [0.717, 1.165) is 61.0 Å². The fraction of sp³-hybridized carbons (Fsp3) is 0.345. The summed E-state index contributed by atoms with van der Waals surface area (Å²) in [5.74, 6) is -2.21. The second-order valence-electron chi connectivity index (χ2n) is 8.83. The van der Waals surface area contributed by atoms with Crippen molar-refractivity contribution in [1.29, 1.82) is 0 Å². The number of carboxylic acids is 2. The van der Waals surface area contributed by atoms with Gasteiger partial charge in [0.25, 0.3) is 0 Å². The number of thioether (sulfide) groups is 1. The van der Waals surface area contributed by atoms with Crippen LogP contribution in [0, 0.1) is 0 Å². The molecule has 2 aromatic carbocycles. The van der Waals surface area contributed by atoms with Crippen LogP contribution >= 0.6 is 11.8 Å². The number of hydrogen-bond donors (Lipinski definition) is 3. The highest BCUT2D eigenvalue weighted by atomic mass is 32.2. The number of aryl methyl sites for hydroxylation is 1. The van der Waals surface area contributed by atoms with Gasteiger partial charge in [-0.3, -0.25) is 0 Å². The van der Waals surface area contributed by atoms with Crippen molar-refractivity contribution < 1.29 is 24.9 Å². The average molecular weight is 508 g/mol. The smallest absolute Gasteiger partial charge is 0.354 e. The van der Waals surface area contributed by atoms with Gasteiger partial charge in [-0.1, -0.05) is 80.3 Å². The van der Waals surface area contributed by atoms with Crippen molar-refractivity contribution in [3.8, 4) is 0 Å². The van der Waals surface area contributed by atoms with Crippen molar-refractivity contribution in [2.75, 3.05) is 0 Å². The van der Waals surface area contributed by atoms with Gasteiger partial charge in [0.05, 0.1) is 0 Å². The maximum Gasteiger partial charge on any atom is 0.354 e. The first-order valence-electron chi connectivity index (χ1n) is 12.3. The molecule has 6 nitrogen and oxygen atoms in total. The number of aromatic nitrogens is 1. The molecular weight excluding hydrogens is 474 g/mol. The van der Waals surface area contributed by atoms with E-state index in [9.17, 15) is 19.8 Å². The Kier molecular flexibility index (Phi) is 11.0. The first kappa shape index (κ1) is 27.4. The highest BCUT2D eigenvalue weighted by Gasteiger charge is 2.16. The molecule has 0 saturated carbocycles. The lowest BCUT2D eigenvalue weighted by atomic mass is 9.96. The highest BCUT2D eigenvalue weighted by molar-refractivity contribution is 7.99. The molecule has 2 unspecified atom stereocenters. The fourth-order valence-electron chi connectivity index (χ4n) is 4.20. The van der Waals surface area contributed by atoms with Gasteiger partial charge in [0, 0.05) is 22.8 Å². The zero-order chi connectivity index (χ0) is 25.8. The molecule has 0 saturated heterocycles. The molecule has 0 aliphatic carbocycles. The number of benzene rings is 2. The van der Waals surface area contributed by atoms with Gasteiger partial charge in [0.1, 0.15) is 5.69 Å². The molecule has 0 bridgehead atoms. The van der Waals surface area contributed by atoms with Crippen LogP contribution < -0.4 is 0 Å². The SMILES string of the molecule is O=C(O)c1cc(SC(CCCCCCCc2ccccc2CC(O)C(=O)O)c2ccccc2)ccn1. The van der Waals surface area contributed by atoms with Gasteiger partial charge in [-0.2, -0.15) is 0 Å². The number of aromatic carboxylic acids is 1. The number of aliphatic hydroxyl groups excluding tert-OH is 1. The van der Waals surface area contributed by atoms with Crippen molar-refractivity contribution in [3.05, 3.63) is 95.3 Å². The zero-order valence-electron chi connectivity index (χ0n) is 20.3. The van der Waals surface area contributed by atoms with E-state index in [-0.39, 0.29) is 17.4 Å². The first-order chi connectivity index (χ1) is 17.4. The molecule has 0 spiro atoms. The standard InChI is InChI=1S/C29H33NO5S/c31-26(29(34)35)19-23-15-10-9-12-21(23)11-5-2-1-3-8-16-27(22-13-6-4-7-14-22)36-24-17-18-30-25(20-24)28(32)33/h4,6-7,9-10,12-15,17-18,20,26-27,31H,1-3,5,8,11,16,19H2,(H,32,33)(H,34,35). The van der Waals surface area contributed by atoms with Gasteiger partial charge in [0.2, 0.25) is 0 Å². The van der Waals surface area contributed by atoms with Crippen molar-refractivity contribution in [2.24, 2.45) is 0 Å². The Hall–Kier alpha value is -3.16. The Morgan fingerprint density at radius 1 is 0.833 bits per heavy atom. The number of aliphatic hydroxyl groups is 1. The molecule has 0 fully saturated rings. The molecule has 0 aliphatic rings. The summed E-state index contributed by atoms with van der Waals surface area (Å²) >= 11 is 1.68. The molecule has 2 atom stereocenters. The van der Waals surface area contributed by atoms with Crippen molar-refractivity contribution in [3.63, 3.8) is 0 Å². The van der Waals surface area contributed by atoms with Gasteiger partial charge < -0.3 is 15.3 Å². The number of unbranched alkanes of at least 4 members (excludes halogenated alkanes) is 4. The number of carbonyl (C=O) groups is 2. The lowest BCUT2D eigenvalue weighted by Gasteiger charge is -2.17. The predicted molar refractivity (Wildman–Crippen MR) is 141 cm³/mol. The van der Waals surface area contributed by atoms with E-state index in [2.05, 4.69) is 17.1 Å². The van der Waals surface area contributed by atoms with E-state index >= 15 is 0 Å². The topological polar surface area (TPSA) is 108 Å². The molecule has 190 valence electrons. The van der Waals surface area contributed by atoms with Gasteiger partial charge in [-0.05, 0) is 48.1 Å². The Morgan fingerprint density at radius 3 is 2.22 bits per heavy atom. The van der Waals surface area contributed by atoms with E-state index in [0.29, 0.717) is 0 Å². The molecule has 3 N–H and O–H groups in total. The number of aliphatic carboxylic acids is 1. The molecule has 3 aromatic rings. The zero-order valence-corrected chi connectivity index (χ0v) is 21.1. The molecule has 0 amide bonds. The Balaban J connectivity index is 1.46.